The van der Waals surface area contributed by atoms with E-state index in [4.69, 9.17) is 23.8 Å². The third-order valence-corrected chi connectivity index (χ3v) is 6.95. The lowest BCUT2D eigenvalue weighted by Crippen LogP contribution is -2.24. The van der Waals surface area contributed by atoms with Crippen LogP contribution in [0.3, 0.4) is 0 Å². The van der Waals surface area contributed by atoms with Gasteiger partial charge in [0.2, 0.25) is 0 Å². The Labute approximate surface area is 200 Å². The van der Waals surface area contributed by atoms with Gasteiger partial charge in [0, 0.05) is 35.4 Å². The van der Waals surface area contributed by atoms with Gasteiger partial charge in [0.05, 0.1) is 11.4 Å². The summed E-state index contributed by atoms with van der Waals surface area (Å²) in [5.41, 5.74) is 9.99. The molecule has 1 aliphatic heterocycles. The molecule has 2 aromatic carbocycles. The molecule has 164 valence electrons. The standard InChI is InChI=1S/C27H28ClN3S/c1-3-15-29-26(32)25-24(20-9-7-18(2)8-10-20)22-6-4-5-16-30-23(17-31(25)27(22)30)19-11-13-21(28)14-12-19/h7-14,17H,3-6,15-16H2,1-2H3,(H,29,32). The monoisotopic (exact) mass is 461 g/mol. The zero-order valence-electron chi connectivity index (χ0n) is 18.6. The van der Waals surface area contributed by atoms with E-state index in [9.17, 15) is 0 Å². The number of aromatic nitrogens is 2. The Morgan fingerprint density at radius 3 is 2.47 bits per heavy atom. The van der Waals surface area contributed by atoms with E-state index in [0.717, 1.165) is 41.6 Å². The van der Waals surface area contributed by atoms with E-state index in [-0.39, 0.29) is 0 Å². The molecule has 0 saturated heterocycles. The molecule has 0 aliphatic carbocycles. The molecule has 4 aromatic rings. The smallest absolute Gasteiger partial charge is 0.124 e. The number of aryl methyl sites for hydroxylation is 3. The average Bonchev–Trinajstić information content (AvgIpc) is 3.21. The zero-order valence-corrected chi connectivity index (χ0v) is 20.2. The summed E-state index contributed by atoms with van der Waals surface area (Å²) in [6.07, 6.45) is 6.71. The van der Waals surface area contributed by atoms with Gasteiger partial charge in [-0.15, -0.1) is 0 Å². The molecule has 0 saturated carbocycles. The van der Waals surface area contributed by atoms with Crippen LogP contribution in [0.15, 0.2) is 54.7 Å². The summed E-state index contributed by atoms with van der Waals surface area (Å²) in [4.78, 5) is 0.823. The third-order valence-electron chi connectivity index (χ3n) is 6.36. The third kappa shape index (κ3) is 3.66. The lowest BCUT2D eigenvalue weighted by molar-refractivity contribution is 0.647. The first kappa shape index (κ1) is 21.3. The highest BCUT2D eigenvalue weighted by atomic mass is 35.5. The van der Waals surface area contributed by atoms with Gasteiger partial charge in [0.15, 0.2) is 0 Å². The molecule has 5 rings (SSSR count). The lowest BCUT2D eigenvalue weighted by atomic mass is 9.97. The number of halogens is 1. The first-order valence-electron chi connectivity index (χ1n) is 11.5. The first-order chi connectivity index (χ1) is 15.6. The van der Waals surface area contributed by atoms with E-state index in [1.807, 2.05) is 12.1 Å². The minimum Gasteiger partial charge on any atom is -0.375 e. The molecule has 3 nitrogen and oxygen atoms in total. The van der Waals surface area contributed by atoms with Crippen molar-refractivity contribution in [3.05, 3.63) is 76.6 Å². The summed E-state index contributed by atoms with van der Waals surface area (Å²) in [5, 5.41) is 4.26. The van der Waals surface area contributed by atoms with Gasteiger partial charge >= 0.3 is 0 Å². The van der Waals surface area contributed by atoms with E-state index < -0.39 is 0 Å². The Morgan fingerprint density at radius 1 is 1.03 bits per heavy atom. The van der Waals surface area contributed by atoms with Crippen LogP contribution in [0.5, 0.6) is 0 Å². The van der Waals surface area contributed by atoms with Crippen molar-refractivity contribution < 1.29 is 0 Å². The van der Waals surface area contributed by atoms with Gasteiger partial charge in [-0.25, -0.2) is 0 Å². The number of rotatable bonds is 5. The summed E-state index contributed by atoms with van der Waals surface area (Å²) in [6, 6.07) is 17.0. The van der Waals surface area contributed by atoms with Gasteiger partial charge < -0.3 is 9.88 Å². The van der Waals surface area contributed by atoms with Crippen LogP contribution in [0.4, 0.5) is 0 Å². The predicted molar refractivity (Wildman–Crippen MR) is 139 cm³/mol. The van der Waals surface area contributed by atoms with Gasteiger partial charge in [0.1, 0.15) is 10.6 Å². The van der Waals surface area contributed by atoms with Crippen LogP contribution in [0.25, 0.3) is 28.0 Å². The number of hydrogen-bond acceptors (Lipinski definition) is 1. The number of imidazole rings is 1. The van der Waals surface area contributed by atoms with Gasteiger partial charge in [-0.1, -0.05) is 72.7 Å². The molecule has 0 radical (unpaired) electrons. The highest BCUT2D eigenvalue weighted by molar-refractivity contribution is 7.80. The number of thiocarbonyl (C=S) groups is 1. The summed E-state index contributed by atoms with van der Waals surface area (Å²) in [7, 11) is 0. The van der Waals surface area contributed by atoms with Crippen LogP contribution in [0.1, 0.15) is 43.0 Å². The zero-order chi connectivity index (χ0) is 22.2. The van der Waals surface area contributed by atoms with Crippen LogP contribution in [-0.4, -0.2) is 20.5 Å². The quantitative estimate of drug-likeness (QED) is 0.321. The second-order valence-electron chi connectivity index (χ2n) is 8.65. The topological polar surface area (TPSA) is 21.4 Å². The minimum atomic E-state index is 0.760. The molecule has 1 N–H and O–H groups in total. The Morgan fingerprint density at radius 2 is 1.75 bits per heavy atom. The maximum absolute atomic E-state index is 6.17. The normalized spacial score (nSPS) is 13.3. The summed E-state index contributed by atoms with van der Waals surface area (Å²) in [5.74, 6) is 0. The second-order valence-corrected chi connectivity index (χ2v) is 9.49. The largest absolute Gasteiger partial charge is 0.375 e. The fourth-order valence-electron chi connectivity index (χ4n) is 4.81. The fraction of sp³-hybridized carbons (Fsp3) is 0.296. The molecule has 0 atom stereocenters. The Hall–Kier alpha value is -2.56. The number of hydrogen-bond donors (Lipinski definition) is 1. The van der Waals surface area contributed by atoms with Crippen molar-refractivity contribution in [1.82, 2.24) is 14.3 Å². The van der Waals surface area contributed by atoms with Crippen molar-refractivity contribution in [2.75, 3.05) is 6.54 Å². The van der Waals surface area contributed by atoms with E-state index in [0.29, 0.717) is 0 Å². The molecule has 2 aromatic heterocycles. The SMILES string of the molecule is CCCNC(=S)c1c(-c2ccc(C)cc2)c2c3n(c(-c4ccc(Cl)cc4)cn13)CCCC2. The molecule has 0 bridgehead atoms. The van der Waals surface area contributed by atoms with E-state index >= 15 is 0 Å². The van der Waals surface area contributed by atoms with E-state index in [1.165, 1.54) is 52.0 Å². The second kappa shape index (κ2) is 8.76. The van der Waals surface area contributed by atoms with Crippen molar-refractivity contribution >= 4 is 34.5 Å². The molecule has 0 amide bonds. The van der Waals surface area contributed by atoms with Crippen molar-refractivity contribution in [3.63, 3.8) is 0 Å². The maximum atomic E-state index is 6.17. The van der Waals surface area contributed by atoms with Crippen LogP contribution < -0.4 is 5.32 Å². The van der Waals surface area contributed by atoms with E-state index in [1.54, 1.807) is 0 Å². The molecule has 1 aliphatic rings. The summed E-state index contributed by atoms with van der Waals surface area (Å²) in [6.45, 7) is 6.19. The van der Waals surface area contributed by atoms with Crippen LogP contribution in [-0.2, 0) is 13.0 Å². The molecule has 0 fully saturated rings. The highest BCUT2D eigenvalue weighted by Crippen LogP contribution is 2.39. The molecule has 0 spiro atoms. The van der Waals surface area contributed by atoms with Crippen molar-refractivity contribution in [3.8, 4) is 22.4 Å². The minimum absolute atomic E-state index is 0.760. The highest BCUT2D eigenvalue weighted by Gasteiger charge is 2.28. The average molecular weight is 462 g/mol. The van der Waals surface area contributed by atoms with Crippen LogP contribution in [0, 0.1) is 6.92 Å². The van der Waals surface area contributed by atoms with Gasteiger partial charge in [-0.05, 0) is 55.9 Å². The molecule has 3 heterocycles. The molecular formula is C27H28ClN3S. The van der Waals surface area contributed by atoms with Gasteiger partial charge in [-0.3, -0.25) is 4.40 Å². The van der Waals surface area contributed by atoms with E-state index in [2.05, 4.69) is 70.7 Å². The predicted octanol–water partition coefficient (Wildman–Crippen LogP) is 7.05. The molecular weight excluding hydrogens is 434 g/mol. The molecule has 0 unspecified atom stereocenters. The van der Waals surface area contributed by atoms with Crippen LogP contribution in [0.2, 0.25) is 5.02 Å². The fourth-order valence-corrected chi connectivity index (χ4v) is 5.24. The summed E-state index contributed by atoms with van der Waals surface area (Å²) >= 11 is 12.1. The van der Waals surface area contributed by atoms with Gasteiger partial charge in [-0.2, -0.15) is 0 Å². The lowest BCUT2D eigenvalue weighted by Gasteiger charge is -2.12. The molecule has 5 heteroatoms. The number of nitrogens with zero attached hydrogens (tertiary/aromatic N) is 2. The number of benzene rings is 2. The van der Waals surface area contributed by atoms with Crippen molar-refractivity contribution in [2.24, 2.45) is 0 Å². The maximum Gasteiger partial charge on any atom is 0.124 e. The van der Waals surface area contributed by atoms with Crippen LogP contribution >= 0.6 is 23.8 Å². The Bertz CT molecular complexity index is 1280. The number of nitrogens with one attached hydrogen (secondary N) is 1. The molecule has 32 heavy (non-hydrogen) atoms. The Balaban J connectivity index is 1.80. The Kier molecular flexibility index (Phi) is 5.83. The van der Waals surface area contributed by atoms with Crippen molar-refractivity contribution in [2.45, 2.75) is 46.1 Å². The summed E-state index contributed by atoms with van der Waals surface area (Å²) < 4.78 is 4.82. The first-order valence-corrected chi connectivity index (χ1v) is 12.2. The van der Waals surface area contributed by atoms with Crippen molar-refractivity contribution in [1.29, 1.82) is 0 Å². The van der Waals surface area contributed by atoms with Gasteiger partial charge in [0.25, 0.3) is 0 Å².